The number of rotatable bonds is 5. The zero-order valence-electron chi connectivity index (χ0n) is 12.9. The Kier molecular flexibility index (Phi) is 4.99. The van der Waals surface area contributed by atoms with Crippen LogP contribution in [-0.2, 0) is 9.59 Å². The molecule has 1 aliphatic heterocycles. The lowest BCUT2D eigenvalue weighted by molar-refractivity contribution is -0.138. The lowest BCUT2D eigenvalue weighted by Crippen LogP contribution is -2.46. The molecule has 1 fully saturated rings. The van der Waals surface area contributed by atoms with Crippen molar-refractivity contribution in [1.29, 1.82) is 0 Å². The number of amides is 2. The van der Waals surface area contributed by atoms with Gasteiger partial charge in [-0.15, -0.1) is 0 Å². The van der Waals surface area contributed by atoms with E-state index < -0.39 is 0 Å². The SMILES string of the molecule is CCCOc1cccc(C2CC(=O)NC(=O)C2C(C)C)c1. The first-order chi connectivity index (χ1) is 10.0. The van der Waals surface area contributed by atoms with Crippen molar-refractivity contribution in [2.45, 2.75) is 39.5 Å². The number of benzene rings is 1. The van der Waals surface area contributed by atoms with Crippen LogP contribution in [-0.4, -0.2) is 18.4 Å². The second-order valence-corrected chi connectivity index (χ2v) is 5.91. The van der Waals surface area contributed by atoms with Crippen molar-refractivity contribution >= 4 is 11.8 Å². The van der Waals surface area contributed by atoms with Crippen LogP contribution < -0.4 is 10.1 Å². The molecule has 2 rings (SSSR count). The number of piperidine rings is 1. The van der Waals surface area contributed by atoms with Crippen molar-refractivity contribution in [1.82, 2.24) is 5.32 Å². The van der Waals surface area contributed by atoms with Gasteiger partial charge in [0.05, 0.1) is 6.61 Å². The monoisotopic (exact) mass is 289 g/mol. The van der Waals surface area contributed by atoms with E-state index in [0.29, 0.717) is 13.0 Å². The highest BCUT2D eigenvalue weighted by Crippen LogP contribution is 2.37. The van der Waals surface area contributed by atoms with E-state index in [4.69, 9.17) is 4.74 Å². The van der Waals surface area contributed by atoms with E-state index in [9.17, 15) is 9.59 Å². The van der Waals surface area contributed by atoms with E-state index in [1.54, 1.807) is 0 Å². The molecule has 21 heavy (non-hydrogen) atoms. The molecule has 2 unspecified atom stereocenters. The quantitative estimate of drug-likeness (QED) is 0.848. The molecule has 1 N–H and O–H groups in total. The average Bonchev–Trinajstić information content (AvgIpc) is 2.44. The number of hydrogen-bond donors (Lipinski definition) is 1. The summed E-state index contributed by atoms with van der Waals surface area (Å²) >= 11 is 0. The summed E-state index contributed by atoms with van der Waals surface area (Å²) in [6.07, 6.45) is 1.30. The van der Waals surface area contributed by atoms with Gasteiger partial charge in [-0.05, 0) is 30.0 Å². The van der Waals surface area contributed by atoms with E-state index >= 15 is 0 Å². The fraction of sp³-hybridized carbons (Fsp3) is 0.529. The topological polar surface area (TPSA) is 55.4 Å². The molecule has 1 aromatic carbocycles. The molecule has 0 aromatic heterocycles. The van der Waals surface area contributed by atoms with Gasteiger partial charge < -0.3 is 4.74 Å². The first-order valence-corrected chi connectivity index (χ1v) is 7.59. The van der Waals surface area contributed by atoms with Crippen molar-refractivity contribution < 1.29 is 14.3 Å². The molecule has 0 aliphatic carbocycles. The second-order valence-electron chi connectivity index (χ2n) is 5.91. The van der Waals surface area contributed by atoms with E-state index in [-0.39, 0.29) is 29.6 Å². The van der Waals surface area contributed by atoms with Gasteiger partial charge >= 0.3 is 0 Å². The Bertz CT molecular complexity index is 525. The summed E-state index contributed by atoms with van der Waals surface area (Å²) in [4.78, 5) is 23.8. The fourth-order valence-electron chi connectivity index (χ4n) is 2.93. The summed E-state index contributed by atoms with van der Waals surface area (Å²) in [6, 6.07) is 7.77. The lowest BCUT2D eigenvalue weighted by Gasteiger charge is -2.33. The maximum absolute atomic E-state index is 12.1. The first-order valence-electron chi connectivity index (χ1n) is 7.59. The van der Waals surface area contributed by atoms with Crippen LogP contribution in [0.2, 0.25) is 0 Å². The third kappa shape index (κ3) is 3.63. The zero-order valence-corrected chi connectivity index (χ0v) is 12.9. The lowest BCUT2D eigenvalue weighted by atomic mass is 9.75. The standard InChI is InChI=1S/C17H23NO3/c1-4-8-21-13-7-5-6-12(9-13)14-10-15(19)18-17(20)16(14)11(2)3/h5-7,9,11,14,16H,4,8,10H2,1-3H3,(H,18,19,20). The van der Waals surface area contributed by atoms with Crippen LogP contribution >= 0.6 is 0 Å². The predicted octanol–water partition coefficient (Wildman–Crippen LogP) is 2.88. The summed E-state index contributed by atoms with van der Waals surface area (Å²) in [5.41, 5.74) is 1.01. The Morgan fingerprint density at radius 3 is 2.76 bits per heavy atom. The minimum atomic E-state index is -0.193. The molecule has 4 nitrogen and oxygen atoms in total. The third-order valence-corrected chi connectivity index (χ3v) is 3.88. The summed E-state index contributed by atoms with van der Waals surface area (Å²) in [5.74, 6) is 0.382. The van der Waals surface area contributed by atoms with Gasteiger partial charge in [-0.1, -0.05) is 32.9 Å². The average molecular weight is 289 g/mol. The molecule has 1 saturated heterocycles. The van der Waals surface area contributed by atoms with Gasteiger partial charge in [0.25, 0.3) is 0 Å². The van der Waals surface area contributed by atoms with Crippen LogP contribution in [0.3, 0.4) is 0 Å². The van der Waals surface area contributed by atoms with Gasteiger partial charge in [0.1, 0.15) is 5.75 Å². The minimum Gasteiger partial charge on any atom is -0.494 e. The van der Waals surface area contributed by atoms with Gasteiger partial charge in [0.2, 0.25) is 11.8 Å². The fourth-order valence-corrected chi connectivity index (χ4v) is 2.93. The number of ether oxygens (including phenoxy) is 1. The zero-order chi connectivity index (χ0) is 15.4. The molecular formula is C17H23NO3. The molecule has 2 amide bonds. The predicted molar refractivity (Wildman–Crippen MR) is 81.1 cm³/mol. The maximum Gasteiger partial charge on any atom is 0.230 e. The van der Waals surface area contributed by atoms with Crippen LogP contribution in [0.25, 0.3) is 0 Å². The molecule has 1 heterocycles. The third-order valence-electron chi connectivity index (χ3n) is 3.88. The van der Waals surface area contributed by atoms with Gasteiger partial charge in [-0.2, -0.15) is 0 Å². The smallest absolute Gasteiger partial charge is 0.230 e. The Balaban J connectivity index is 2.28. The number of carbonyl (C=O) groups is 2. The molecule has 4 heteroatoms. The molecule has 114 valence electrons. The highest BCUT2D eigenvalue weighted by Gasteiger charge is 2.38. The summed E-state index contributed by atoms with van der Waals surface area (Å²) in [6.45, 7) is 6.76. The number of hydrogen-bond acceptors (Lipinski definition) is 3. The van der Waals surface area contributed by atoms with Crippen LogP contribution in [0.15, 0.2) is 24.3 Å². The maximum atomic E-state index is 12.1. The van der Waals surface area contributed by atoms with Gasteiger partial charge in [-0.3, -0.25) is 14.9 Å². The summed E-state index contributed by atoms with van der Waals surface area (Å²) in [7, 11) is 0. The van der Waals surface area contributed by atoms with Crippen molar-refractivity contribution in [2.75, 3.05) is 6.61 Å². The molecule has 0 radical (unpaired) electrons. The van der Waals surface area contributed by atoms with Crippen LogP contribution in [0.5, 0.6) is 5.75 Å². The molecule has 1 aromatic rings. The summed E-state index contributed by atoms with van der Waals surface area (Å²) < 4.78 is 5.65. The highest BCUT2D eigenvalue weighted by molar-refractivity contribution is 6.00. The van der Waals surface area contributed by atoms with E-state index in [2.05, 4.69) is 12.2 Å². The summed E-state index contributed by atoms with van der Waals surface area (Å²) in [5, 5.41) is 2.45. The van der Waals surface area contributed by atoms with Gasteiger partial charge in [0.15, 0.2) is 0 Å². The van der Waals surface area contributed by atoms with Crippen LogP contribution in [0, 0.1) is 11.8 Å². The normalized spacial score (nSPS) is 22.3. The van der Waals surface area contributed by atoms with Gasteiger partial charge in [0, 0.05) is 18.3 Å². The first kappa shape index (κ1) is 15.5. The Morgan fingerprint density at radius 1 is 1.33 bits per heavy atom. The molecule has 0 bridgehead atoms. The molecule has 0 spiro atoms. The molecule has 0 saturated carbocycles. The number of nitrogens with one attached hydrogen (secondary N) is 1. The minimum absolute atomic E-state index is 0.0728. The van der Waals surface area contributed by atoms with Crippen molar-refractivity contribution in [3.8, 4) is 5.75 Å². The van der Waals surface area contributed by atoms with E-state index in [1.807, 2.05) is 38.1 Å². The second kappa shape index (κ2) is 6.74. The van der Waals surface area contributed by atoms with Crippen LogP contribution in [0.4, 0.5) is 0 Å². The highest BCUT2D eigenvalue weighted by atomic mass is 16.5. The Labute approximate surface area is 125 Å². The van der Waals surface area contributed by atoms with E-state index in [0.717, 1.165) is 17.7 Å². The van der Waals surface area contributed by atoms with Crippen molar-refractivity contribution in [3.05, 3.63) is 29.8 Å². The van der Waals surface area contributed by atoms with Crippen molar-refractivity contribution in [3.63, 3.8) is 0 Å². The largest absolute Gasteiger partial charge is 0.494 e. The van der Waals surface area contributed by atoms with Gasteiger partial charge in [-0.25, -0.2) is 0 Å². The molecular weight excluding hydrogens is 266 g/mol. The Hall–Kier alpha value is -1.84. The van der Waals surface area contributed by atoms with Crippen molar-refractivity contribution in [2.24, 2.45) is 11.8 Å². The molecule has 1 aliphatic rings. The van der Waals surface area contributed by atoms with E-state index in [1.165, 1.54) is 0 Å². The number of carbonyl (C=O) groups excluding carboxylic acids is 2. The van der Waals surface area contributed by atoms with Crippen LogP contribution in [0.1, 0.15) is 45.1 Å². The number of imide groups is 1. The Morgan fingerprint density at radius 2 is 2.10 bits per heavy atom. The molecule has 2 atom stereocenters.